The van der Waals surface area contributed by atoms with E-state index in [-0.39, 0.29) is 5.97 Å². The molecule has 0 saturated carbocycles. The van der Waals surface area contributed by atoms with E-state index in [0.29, 0.717) is 17.2 Å². The van der Waals surface area contributed by atoms with E-state index in [0.717, 1.165) is 4.90 Å². The van der Waals surface area contributed by atoms with Gasteiger partial charge in [0.05, 0.1) is 11.5 Å². The quantitative estimate of drug-likeness (QED) is 0.368. The van der Waals surface area contributed by atoms with Crippen LogP contribution >= 0.6 is 11.8 Å². The van der Waals surface area contributed by atoms with Gasteiger partial charge in [-0.15, -0.1) is 0 Å². The van der Waals surface area contributed by atoms with E-state index in [4.69, 9.17) is 10.5 Å². The Balaban J connectivity index is 2.62. The Labute approximate surface area is 93.3 Å². The average Bonchev–Trinajstić information content (AvgIpc) is 2.18. The second-order valence-electron chi connectivity index (χ2n) is 2.82. The maximum atomic E-state index is 11.3. The van der Waals surface area contributed by atoms with Crippen molar-refractivity contribution in [3.05, 3.63) is 35.7 Å². The number of ether oxygens (including phenoxy) is 1. The fraction of sp³-hybridized carbons (Fsp3) is 0.182. The topological polar surface area (TPSA) is 52.3 Å². The summed E-state index contributed by atoms with van der Waals surface area (Å²) in [4.78, 5) is 12.5. The van der Waals surface area contributed by atoms with Gasteiger partial charge in [-0.1, -0.05) is 24.4 Å². The van der Waals surface area contributed by atoms with Crippen molar-refractivity contribution in [1.29, 1.82) is 0 Å². The van der Waals surface area contributed by atoms with Crippen molar-refractivity contribution in [1.82, 2.24) is 0 Å². The molecule has 15 heavy (non-hydrogen) atoms. The minimum atomic E-state index is -0.384. The number of carbonyl (C=O) groups is 1. The SMILES string of the molecule is C=C(Sc1cccc(N)c1)C(=O)OCC. The number of esters is 1. The Bertz CT molecular complexity index is 377. The van der Waals surface area contributed by atoms with Gasteiger partial charge in [-0.3, -0.25) is 0 Å². The third-order valence-electron chi connectivity index (χ3n) is 1.60. The molecule has 0 heterocycles. The number of nitrogens with two attached hydrogens (primary N) is 1. The molecule has 0 bridgehead atoms. The van der Waals surface area contributed by atoms with Crippen LogP contribution in [0.1, 0.15) is 6.92 Å². The molecule has 0 aliphatic heterocycles. The lowest BCUT2D eigenvalue weighted by atomic mass is 10.3. The van der Waals surface area contributed by atoms with Crippen LogP contribution in [0.4, 0.5) is 5.69 Å². The minimum absolute atomic E-state index is 0.356. The summed E-state index contributed by atoms with van der Waals surface area (Å²) < 4.78 is 4.82. The molecular weight excluding hydrogens is 210 g/mol. The number of rotatable bonds is 4. The van der Waals surface area contributed by atoms with Crippen molar-refractivity contribution in [2.75, 3.05) is 12.3 Å². The Morgan fingerprint density at radius 3 is 2.93 bits per heavy atom. The van der Waals surface area contributed by atoms with E-state index in [1.807, 2.05) is 12.1 Å². The van der Waals surface area contributed by atoms with Gasteiger partial charge in [0.15, 0.2) is 0 Å². The monoisotopic (exact) mass is 223 g/mol. The Morgan fingerprint density at radius 1 is 1.60 bits per heavy atom. The molecule has 0 saturated heterocycles. The van der Waals surface area contributed by atoms with Crippen LogP contribution in [0.3, 0.4) is 0 Å². The molecule has 0 aliphatic carbocycles. The van der Waals surface area contributed by atoms with Crippen molar-refractivity contribution in [3.8, 4) is 0 Å². The molecule has 1 aromatic rings. The molecule has 1 rings (SSSR count). The summed E-state index contributed by atoms with van der Waals surface area (Å²) in [5.74, 6) is -0.384. The minimum Gasteiger partial charge on any atom is -0.462 e. The fourth-order valence-corrected chi connectivity index (χ4v) is 1.74. The van der Waals surface area contributed by atoms with Gasteiger partial charge in [0, 0.05) is 10.6 Å². The van der Waals surface area contributed by atoms with Crippen molar-refractivity contribution in [3.63, 3.8) is 0 Å². The molecule has 0 fully saturated rings. The fourth-order valence-electron chi connectivity index (χ4n) is 0.974. The van der Waals surface area contributed by atoms with Crippen LogP contribution in [0.15, 0.2) is 40.6 Å². The first-order chi connectivity index (χ1) is 7.13. The molecule has 0 spiro atoms. The van der Waals surface area contributed by atoms with Crippen LogP contribution in [-0.4, -0.2) is 12.6 Å². The van der Waals surface area contributed by atoms with Crippen molar-refractivity contribution >= 4 is 23.4 Å². The van der Waals surface area contributed by atoms with Crippen molar-refractivity contribution in [2.24, 2.45) is 0 Å². The van der Waals surface area contributed by atoms with E-state index in [9.17, 15) is 4.79 Å². The first-order valence-corrected chi connectivity index (χ1v) is 5.34. The number of nitrogen functional groups attached to an aromatic ring is 1. The highest BCUT2D eigenvalue weighted by molar-refractivity contribution is 8.04. The average molecular weight is 223 g/mol. The molecule has 0 radical (unpaired) electrons. The maximum absolute atomic E-state index is 11.3. The first kappa shape index (κ1) is 11.7. The smallest absolute Gasteiger partial charge is 0.344 e. The summed E-state index contributed by atoms with van der Waals surface area (Å²) in [5, 5.41) is 0. The molecule has 0 amide bonds. The summed E-state index contributed by atoms with van der Waals surface area (Å²) >= 11 is 1.26. The molecule has 0 unspecified atom stereocenters. The Hall–Kier alpha value is -1.42. The second-order valence-corrected chi connectivity index (χ2v) is 3.99. The molecule has 80 valence electrons. The third-order valence-corrected chi connectivity index (χ3v) is 2.50. The van der Waals surface area contributed by atoms with Crippen molar-refractivity contribution in [2.45, 2.75) is 11.8 Å². The van der Waals surface area contributed by atoms with E-state index in [1.165, 1.54) is 11.8 Å². The van der Waals surface area contributed by atoms with Crippen LogP contribution in [0, 0.1) is 0 Å². The van der Waals surface area contributed by atoms with Crippen LogP contribution < -0.4 is 5.73 Å². The predicted octanol–water partition coefficient (Wildman–Crippen LogP) is 2.44. The zero-order valence-corrected chi connectivity index (χ0v) is 9.34. The zero-order valence-electron chi connectivity index (χ0n) is 8.53. The molecule has 3 nitrogen and oxygen atoms in total. The van der Waals surface area contributed by atoms with Crippen LogP contribution in [-0.2, 0) is 9.53 Å². The predicted molar refractivity (Wildman–Crippen MR) is 62.5 cm³/mol. The van der Waals surface area contributed by atoms with Crippen LogP contribution in [0.25, 0.3) is 0 Å². The first-order valence-electron chi connectivity index (χ1n) is 4.53. The molecule has 4 heteroatoms. The summed E-state index contributed by atoms with van der Waals surface area (Å²) in [5.41, 5.74) is 6.27. The van der Waals surface area contributed by atoms with E-state index in [1.54, 1.807) is 19.1 Å². The number of hydrogen-bond acceptors (Lipinski definition) is 4. The number of hydrogen-bond donors (Lipinski definition) is 1. The van der Waals surface area contributed by atoms with E-state index in [2.05, 4.69) is 6.58 Å². The maximum Gasteiger partial charge on any atom is 0.344 e. The highest BCUT2D eigenvalue weighted by atomic mass is 32.2. The van der Waals surface area contributed by atoms with Gasteiger partial charge in [0.25, 0.3) is 0 Å². The molecule has 1 aromatic carbocycles. The Kier molecular flexibility index (Phi) is 4.24. The Morgan fingerprint density at radius 2 is 2.33 bits per heavy atom. The van der Waals surface area contributed by atoms with E-state index >= 15 is 0 Å². The zero-order chi connectivity index (χ0) is 11.3. The van der Waals surface area contributed by atoms with Gasteiger partial charge >= 0.3 is 5.97 Å². The van der Waals surface area contributed by atoms with E-state index < -0.39 is 0 Å². The van der Waals surface area contributed by atoms with Gasteiger partial charge in [-0.25, -0.2) is 4.79 Å². The van der Waals surface area contributed by atoms with Crippen molar-refractivity contribution < 1.29 is 9.53 Å². The lowest BCUT2D eigenvalue weighted by Gasteiger charge is -2.05. The lowest BCUT2D eigenvalue weighted by molar-refractivity contribution is -0.137. The summed E-state index contributed by atoms with van der Waals surface area (Å²) in [6.45, 7) is 5.76. The lowest BCUT2D eigenvalue weighted by Crippen LogP contribution is -2.04. The van der Waals surface area contributed by atoms with Crippen LogP contribution in [0.2, 0.25) is 0 Å². The standard InChI is InChI=1S/C11H13NO2S/c1-3-14-11(13)8(2)15-10-6-4-5-9(12)7-10/h4-7H,2-3,12H2,1H3. The highest BCUT2D eigenvalue weighted by Crippen LogP contribution is 2.27. The largest absolute Gasteiger partial charge is 0.462 e. The molecule has 0 aliphatic rings. The summed E-state index contributed by atoms with van der Waals surface area (Å²) in [7, 11) is 0. The second kappa shape index (κ2) is 5.46. The summed E-state index contributed by atoms with van der Waals surface area (Å²) in [6, 6.07) is 7.27. The highest BCUT2D eigenvalue weighted by Gasteiger charge is 2.09. The number of carbonyl (C=O) groups excluding carboxylic acids is 1. The third kappa shape index (κ3) is 3.67. The van der Waals surface area contributed by atoms with Gasteiger partial charge in [-0.2, -0.15) is 0 Å². The molecule has 0 aromatic heterocycles. The molecule has 0 atom stereocenters. The van der Waals surface area contributed by atoms with Gasteiger partial charge in [0.2, 0.25) is 0 Å². The molecular formula is C11H13NO2S. The molecule has 2 N–H and O–H groups in total. The normalized spacial score (nSPS) is 9.67. The van der Waals surface area contributed by atoms with Gasteiger partial charge in [0.1, 0.15) is 0 Å². The van der Waals surface area contributed by atoms with Gasteiger partial charge in [-0.05, 0) is 25.1 Å². The number of thioether (sulfide) groups is 1. The van der Waals surface area contributed by atoms with Crippen LogP contribution in [0.5, 0.6) is 0 Å². The summed E-state index contributed by atoms with van der Waals surface area (Å²) in [6.07, 6.45) is 0. The number of benzene rings is 1. The number of anilines is 1. The van der Waals surface area contributed by atoms with Gasteiger partial charge < -0.3 is 10.5 Å².